The first kappa shape index (κ1) is 27.1. The minimum absolute atomic E-state index is 0.375. The molecule has 2 atom stereocenters. The lowest BCUT2D eigenvalue weighted by Crippen LogP contribution is -2.55. The molecule has 0 aliphatic carbocycles. The number of fused-ring (bicyclic) bond motifs is 2. The van der Waals surface area contributed by atoms with Gasteiger partial charge in [0.05, 0.1) is 22.8 Å². The third-order valence-electron chi connectivity index (χ3n) is 6.62. The van der Waals surface area contributed by atoms with Crippen LogP contribution in [0.25, 0.3) is 0 Å². The van der Waals surface area contributed by atoms with Gasteiger partial charge in [-0.05, 0) is 42.5 Å². The molecule has 0 radical (unpaired) electrons. The van der Waals surface area contributed by atoms with E-state index in [1.54, 1.807) is 54.6 Å². The van der Waals surface area contributed by atoms with E-state index in [1.165, 1.54) is 5.01 Å². The summed E-state index contributed by atoms with van der Waals surface area (Å²) in [5, 5.41) is 5.41. The molecule has 204 valence electrons. The highest BCUT2D eigenvalue weighted by Gasteiger charge is 2.35. The van der Waals surface area contributed by atoms with Crippen molar-refractivity contribution >= 4 is 69.4 Å². The van der Waals surface area contributed by atoms with E-state index in [9.17, 15) is 9.59 Å². The van der Waals surface area contributed by atoms with Gasteiger partial charge in [-0.1, -0.05) is 83.3 Å². The average molecular weight is 604 g/mol. The van der Waals surface area contributed by atoms with Crippen molar-refractivity contribution in [1.82, 2.24) is 5.43 Å². The number of nitrogens with one attached hydrogen (secondary N) is 2. The molecule has 0 spiro atoms. The van der Waals surface area contributed by atoms with Gasteiger partial charge in [0.1, 0.15) is 0 Å². The number of benzodiazepines with no additional fused rings is 2. The molecule has 2 aliphatic rings. The summed E-state index contributed by atoms with van der Waals surface area (Å²) >= 11 is 19.2. The molecule has 11 heteroatoms. The number of rotatable bonds is 4. The second kappa shape index (κ2) is 11.1. The lowest BCUT2D eigenvalue weighted by atomic mass is 10.0. The van der Waals surface area contributed by atoms with E-state index < -0.39 is 24.1 Å². The van der Waals surface area contributed by atoms with E-state index in [2.05, 4.69) is 15.7 Å². The van der Waals surface area contributed by atoms with E-state index in [0.717, 1.165) is 5.56 Å². The predicted molar refractivity (Wildman–Crippen MR) is 163 cm³/mol. The van der Waals surface area contributed by atoms with E-state index in [1.807, 2.05) is 36.4 Å². The smallest absolute Gasteiger partial charge is 0.280 e. The van der Waals surface area contributed by atoms with Gasteiger partial charge in [0.2, 0.25) is 0 Å². The number of hydrogen-bond donors (Lipinski definition) is 3. The van der Waals surface area contributed by atoms with Gasteiger partial charge in [-0.2, -0.15) is 5.43 Å². The Morgan fingerprint density at radius 1 is 0.756 bits per heavy atom. The number of nitrogens with zero attached hydrogens (tertiary/aromatic N) is 3. The largest absolute Gasteiger partial charge is 0.322 e. The predicted octanol–water partition coefficient (Wildman–Crippen LogP) is 5.44. The zero-order valence-electron chi connectivity index (χ0n) is 21.2. The van der Waals surface area contributed by atoms with Crippen molar-refractivity contribution in [3.8, 4) is 0 Å². The number of carbonyl (C=O) groups excluding carboxylic acids is 2. The summed E-state index contributed by atoms with van der Waals surface area (Å²) in [5.41, 5.74) is 13.6. The molecule has 2 aliphatic heterocycles. The van der Waals surface area contributed by atoms with Crippen LogP contribution in [0.5, 0.6) is 0 Å². The number of aliphatic imine (C=N–C) groups is 2. The van der Waals surface area contributed by atoms with Crippen molar-refractivity contribution < 1.29 is 9.59 Å². The molecule has 6 rings (SSSR count). The number of hydrogen-bond acceptors (Lipinski definition) is 6. The van der Waals surface area contributed by atoms with Crippen LogP contribution in [0.4, 0.5) is 11.4 Å². The van der Waals surface area contributed by atoms with Crippen LogP contribution in [0.3, 0.4) is 0 Å². The zero-order chi connectivity index (χ0) is 28.7. The van der Waals surface area contributed by atoms with Gasteiger partial charge in [-0.3, -0.25) is 19.6 Å². The lowest BCUT2D eigenvalue weighted by molar-refractivity contribution is -0.121. The van der Waals surface area contributed by atoms with Gasteiger partial charge >= 0.3 is 0 Å². The Hall–Kier alpha value is -4.05. The van der Waals surface area contributed by atoms with E-state index in [-0.39, 0.29) is 0 Å². The monoisotopic (exact) mass is 602 g/mol. The molecular weight excluding hydrogens is 583 g/mol. The molecule has 0 fully saturated rings. The van der Waals surface area contributed by atoms with Crippen molar-refractivity contribution in [2.75, 3.05) is 10.3 Å². The number of nitrogens with two attached hydrogens (primary N) is 1. The summed E-state index contributed by atoms with van der Waals surface area (Å²) in [6, 6.07) is 26.6. The molecule has 0 bridgehead atoms. The van der Waals surface area contributed by atoms with E-state index in [4.69, 9.17) is 45.5 Å². The van der Waals surface area contributed by atoms with Crippen molar-refractivity contribution in [1.29, 1.82) is 0 Å². The molecule has 41 heavy (non-hydrogen) atoms. The van der Waals surface area contributed by atoms with Crippen LogP contribution in [0.15, 0.2) is 101 Å². The minimum atomic E-state index is -1.32. The fraction of sp³-hybridized carbons (Fsp3) is 0.0667. The molecule has 2 amide bonds. The van der Waals surface area contributed by atoms with Crippen LogP contribution < -0.4 is 21.5 Å². The third-order valence-corrected chi connectivity index (χ3v) is 7.42. The maximum absolute atomic E-state index is 13.7. The second-order valence-corrected chi connectivity index (χ2v) is 10.6. The molecule has 4 aromatic rings. The van der Waals surface area contributed by atoms with Crippen molar-refractivity contribution in [3.05, 3.63) is 128 Å². The first-order valence-electron chi connectivity index (χ1n) is 12.5. The maximum atomic E-state index is 13.7. The average Bonchev–Trinajstić information content (AvgIpc) is 3.16. The Morgan fingerprint density at radius 3 is 2.20 bits per heavy atom. The van der Waals surface area contributed by atoms with Crippen molar-refractivity contribution in [2.24, 2.45) is 15.7 Å². The zero-order valence-corrected chi connectivity index (χ0v) is 23.5. The second-order valence-electron chi connectivity index (χ2n) is 9.29. The van der Waals surface area contributed by atoms with E-state index in [0.29, 0.717) is 54.6 Å². The van der Waals surface area contributed by atoms with Crippen LogP contribution in [0, 0.1) is 0 Å². The molecule has 0 saturated carbocycles. The van der Waals surface area contributed by atoms with Gasteiger partial charge < -0.3 is 11.1 Å². The first-order valence-corrected chi connectivity index (χ1v) is 13.7. The summed E-state index contributed by atoms with van der Waals surface area (Å²) in [4.78, 5) is 36.6. The topological polar surface area (TPSA) is 112 Å². The number of carbonyl (C=O) groups is 2. The standard InChI is InChI=1S/C30H21Cl3N6O2/c31-17-10-12-23-20(14-17)25(16-6-2-1-3-7-16)37-28(29(40)35-23)38-39-24-13-11-18(32)15-21(24)26(36-27(34)30(39)41)19-8-4-5-9-22(19)33/h1-15,27-28,38H,34H2,(H,35,40). The maximum Gasteiger partial charge on any atom is 0.280 e. The number of amides is 2. The molecule has 2 heterocycles. The van der Waals surface area contributed by atoms with Crippen LogP contribution in [-0.2, 0) is 9.59 Å². The van der Waals surface area contributed by atoms with Gasteiger partial charge in [0, 0.05) is 37.3 Å². The summed E-state index contributed by atoms with van der Waals surface area (Å²) in [6.07, 6.45) is -2.56. The lowest BCUT2D eigenvalue weighted by Gasteiger charge is -2.27. The van der Waals surface area contributed by atoms with Gasteiger partial charge in [-0.15, -0.1) is 0 Å². The Kier molecular flexibility index (Phi) is 7.33. The summed E-state index contributed by atoms with van der Waals surface area (Å²) in [5.74, 6) is -1.10. The summed E-state index contributed by atoms with van der Waals surface area (Å²) in [6.45, 7) is 0. The summed E-state index contributed by atoms with van der Waals surface area (Å²) < 4.78 is 0. The SMILES string of the molecule is NC1N=C(c2ccccc2Cl)c2cc(Cl)ccc2N(NC2N=C(c3ccccc3)c3cc(Cl)ccc3NC2=O)C1=O. The van der Waals surface area contributed by atoms with Gasteiger partial charge in [-0.25, -0.2) is 5.01 Å². The fourth-order valence-corrected chi connectivity index (χ4v) is 5.29. The van der Waals surface area contributed by atoms with Crippen molar-refractivity contribution in [3.63, 3.8) is 0 Å². The quantitative estimate of drug-likeness (QED) is 0.289. The number of hydrazine groups is 1. The van der Waals surface area contributed by atoms with Crippen LogP contribution in [0.1, 0.15) is 22.3 Å². The normalized spacial score (nSPS) is 18.4. The molecule has 4 N–H and O–H groups in total. The molecule has 2 unspecified atom stereocenters. The first-order chi connectivity index (χ1) is 19.8. The van der Waals surface area contributed by atoms with Crippen LogP contribution in [-0.4, -0.2) is 35.6 Å². The highest BCUT2D eigenvalue weighted by molar-refractivity contribution is 6.37. The Balaban J connectivity index is 1.48. The molecular formula is C30H21Cl3N6O2. The van der Waals surface area contributed by atoms with Crippen LogP contribution in [0.2, 0.25) is 15.1 Å². The van der Waals surface area contributed by atoms with Gasteiger partial charge in [0.25, 0.3) is 11.8 Å². The molecule has 8 nitrogen and oxygen atoms in total. The molecule has 4 aromatic carbocycles. The van der Waals surface area contributed by atoms with Crippen molar-refractivity contribution in [2.45, 2.75) is 12.3 Å². The molecule has 0 aromatic heterocycles. The molecule has 0 saturated heterocycles. The van der Waals surface area contributed by atoms with Gasteiger partial charge in [0.15, 0.2) is 12.3 Å². The fourth-order valence-electron chi connectivity index (χ4n) is 4.72. The number of benzene rings is 4. The summed E-state index contributed by atoms with van der Waals surface area (Å²) in [7, 11) is 0. The number of anilines is 2. The van der Waals surface area contributed by atoms with Crippen LogP contribution >= 0.6 is 34.8 Å². The number of halogens is 3. The van der Waals surface area contributed by atoms with E-state index >= 15 is 0 Å². The third kappa shape index (κ3) is 5.24. The Labute approximate surface area is 250 Å². The minimum Gasteiger partial charge on any atom is -0.322 e. The Morgan fingerprint density at radius 2 is 1.44 bits per heavy atom. The highest BCUT2D eigenvalue weighted by atomic mass is 35.5. The Bertz CT molecular complexity index is 1760. The highest BCUT2D eigenvalue weighted by Crippen LogP contribution is 2.32.